The highest BCUT2D eigenvalue weighted by molar-refractivity contribution is 5.86. The van der Waals surface area contributed by atoms with Gasteiger partial charge in [-0.15, -0.1) is 0 Å². The van der Waals surface area contributed by atoms with Gasteiger partial charge in [0.2, 0.25) is 5.91 Å². The monoisotopic (exact) mass is 344 g/mol. The summed E-state index contributed by atoms with van der Waals surface area (Å²) in [6.45, 7) is 2.46. The first-order valence-electron chi connectivity index (χ1n) is 9.17. The van der Waals surface area contributed by atoms with E-state index < -0.39 is 5.41 Å². The predicted molar refractivity (Wildman–Crippen MR) is 88.4 cm³/mol. The van der Waals surface area contributed by atoms with Crippen molar-refractivity contribution in [2.75, 3.05) is 19.8 Å². The summed E-state index contributed by atoms with van der Waals surface area (Å²) in [6, 6.07) is 2.36. The lowest BCUT2D eigenvalue weighted by atomic mass is 9.86. The molecule has 0 radical (unpaired) electrons. The number of nitriles is 1. The number of fused-ring (bicyclic) bond motifs is 1. The number of carbonyl (C=O) groups excluding carboxylic acids is 1. The van der Waals surface area contributed by atoms with Gasteiger partial charge in [0.15, 0.2) is 0 Å². The summed E-state index contributed by atoms with van der Waals surface area (Å²) in [4.78, 5) is 12.8. The Hall–Kier alpha value is -1.91. The van der Waals surface area contributed by atoms with Crippen molar-refractivity contribution in [3.63, 3.8) is 0 Å². The van der Waals surface area contributed by atoms with Crippen LogP contribution in [0.15, 0.2) is 6.20 Å². The lowest BCUT2D eigenvalue weighted by Gasteiger charge is -2.30. The van der Waals surface area contributed by atoms with Crippen LogP contribution in [0.5, 0.6) is 0 Å². The minimum absolute atomic E-state index is 0.159. The smallest absolute Gasteiger partial charge is 0.241 e. The van der Waals surface area contributed by atoms with E-state index in [1.165, 1.54) is 0 Å². The molecule has 1 unspecified atom stereocenters. The van der Waals surface area contributed by atoms with Gasteiger partial charge in [-0.25, -0.2) is 0 Å². The molecule has 1 atom stereocenters. The molecule has 1 saturated carbocycles. The molecule has 1 amide bonds. The molecule has 3 heterocycles. The number of hydrogen-bond acceptors (Lipinski definition) is 5. The van der Waals surface area contributed by atoms with Crippen molar-refractivity contribution in [1.82, 2.24) is 15.1 Å². The third-order valence-corrected chi connectivity index (χ3v) is 5.78. The molecular weight excluding hydrogens is 320 g/mol. The number of amides is 1. The van der Waals surface area contributed by atoms with E-state index in [-0.39, 0.29) is 11.9 Å². The third-order valence-electron chi connectivity index (χ3n) is 5.78. The highest BCUT2D eigenvalue weighted by Gasteiger charge is 2.43. The van der Waals surface area contributed by atoms with Crippen molar-refractivity contribution in [2.24, 2.45) is 5.41 Å². The predicted octanol–water partition coefficient (Wildman–Crippen LogP) is 2.01. The van der Waals surface area contributed by atoms with Crippen molar-refractivity contribution in [1.29, 1.82) is 5.26 Å². The molecule has 1 aromatic heterocycles. The van der Waals surface area contributed by atoms with Gasteiger partial charge in [0, 0.05) is 18.8 Å². The first kappa shape index (κ1) is 16.6. The van der Waals surface area contributed by atoms with E-state index in [0.29, 0.717) is 32.1 Å². The average Bonchev–Trinajstić information content (AvgIpc) is 3.31. The summed E-state index contributed by atoms with van der Waals surface area (Å²) < 4.78 is 13.2. The maximum Gasteiger partial charge on any atom is 0.241 e. The summed E-state index contributed by atoms with van der Waals surface area (Å²) in [5.74, 6) is -0.159. The van der Waals surface area contributed by atoms with E-state index in [2.05, 4.69) is 16.5 Å². The van der Waals surface area contributed by atoms with Gasteiger partial charge >= 0.3 is 0 Å². The molecular formula is C18H24N4O3. The minimum Gasteiger partial charge on any atom is -0.381 e. The lowest BCUT2D eigenvalue weighted by Crippen LogP contribution is -2.42. The molecule has 0 aromatic carbocycles. The highest BCUT2D eigenvalue weighted by atomic mass is 16.5. The number of nitrogens with zero attached hydrogens (tertiary/aromatic N) is 3. The number of hydrogen-bond donors (Lipinski definition) is 1. The Labute approximate surface area is 147 Å². The van der Waals surface area contributed by atoms with Crippen molar-refractivity contribution in [3.8, 4) is 6.07 Å². The largest absolute Gasteiger partial charge is 0.381 e. The number of nitrogens with one attached hydrogen (secondary N) is 1. The van der Waals surface area contributed by atoms with Gasteiger partial charge in [-0.2, -0.15) is 10.4 Å². The van der Waals surface area contributed by atoms with Crippen molar-refractivity contribution < 1.29 is 14.3 Å². The Morgan fingerprint density at radius 2 is 2.08 bits per heavy atom. The van der Waals surface area contributed by atoms with E-state index in [1.54, 1.807) is 0 Å². The SMILES string of the molecule is N#CC1(C(=O)NC2COCc3c2cnn3C2CCOCC2)CCCC1. The van der Waals surface area contributed by atoms with E-state index in [0.717, 1.165) is 50.2 Å². The Bertz CT molecular complexity index is 681. The minimum atomic E-state index is -0.867. The van der Waals surface area contributed by atoms with Gasteiger partial charge in [-0.1, -0.05) is 12.8 Å². The van der Waals surface area contributed by atoms with Gasteiger partial charge < -0.3 is 14.8 Å². The van der Waals surface area contributed by atoms with Crippen LogP contribution in [0, 0.1) is 16.7 Å². The topological polar surface area (TPSA) is 89.2 Å². The molecule has 134 valence electrons. The standard InChI is InChI=1S/C18H24N4O3/c19-12-18(5-1-2-6-18)17(23)21-15-10-25-11-16-14(15)9-20-22(16)13-3-7-24-8-4-13/h9,13,15H,1-8,10-11H2,(H,21,23). The van der Waals surface area contributed by atoms with Crippen LogP contribution in [0.1, 0.15) is 61.9 Å². The number of ether oxygens (including phenoxy) is 2. The van der Waals surface area contributed by atoms with Gasteiger partial charge in [-0.3, -0.25) is 9.48 Å². The molecule has 7 nitrogen and oxygen atoms in total. The molecule has 1 N–H and O–H groups in total. The van der Waals surface area contributed by atoms with Crippen molar-refractivity contribution >= 4 is 5.91 Å². The van der Waals surface area contributed by atoms with Crippen LogP contribution in [0.2, 0.25) is 0 Å². The fraction of sp³-hybridized carbons (Fsp3) is 0.722. The molecule has 2 fully saturated rings. The maximum atomic E-state index is 12.8. The number of rotatable bonds is 3. The van der Waals surface area contributed by atoms with Gasteiger partial charge in [0.1, 0.15) is 5.41 Å². The second-order valence-corrected chi connectivity index (χ2v) is 7.28. The zero-order valence-electron chi connectivity index (χ0n) is 14.4. The van der Waals surface area contributed by atoms with Crippen LogP contribution < -0.4 is 5.32 Å². The molecule has 0 bridgehead atoms. The average molecular weight is 344 g/mol. The summed E-state index contributed by atoms with van der Waals surface area (Å²) in [6.07, 6.45) is 6.93. The normalized spacial score (nSPS) is 26.0. The van der Waals surface area contributed by atoms with E-state index in [9.17, 15) is 10.1 Å². The fourth-order valence-corrected chi connectivity index (χ4v) is 4.23. The molecule has 3 aliphatic rings. The van der Waals surface area contributed by atoms with Crippen LogP contribution in [0.3, 0.4) is 0 Å². The summed E-state index contributed by atoms with van der Waals surface area (Å²) in [5.41, 5.74) is 1.20. The number of carbonyl (C=O) groups is 1. The Balaban J connectivity index is 1.53. The van der Waals surface area contributed by atoms with Gasteiger partial charge in [-0.05, 0) is 25.7 Å². The van der Waals surface area contributed by atoms with E-state index in [1.807, 2.05) is 10.9 Å². The van der Waals surface area contributed by atoms with Crippen LogP contribution in [0.25, 0.3) is 0 Å². The summed E-state index contributed by atoms with van der Waals surface area (Å²) in [5, 5.41) is 17.2. The maximum absolute atomic E-state index is 12.8. The number of aromatic nitrogens is 2. The highest BCUT2D eigenvalue weighted by Crippen LogP contribution is 2.39. The molecule has 0 spiro atoms. The van der Waals surface area contributed by atoms with E-state index in [4.69, 9.17) is 9.47 Å². The lowest BCUT2D eigenvalue weighted by molar-refractivity contribution is -0.129. The van der Waals surface area contributed by atoms with E-state index >= 15 is 0 Å². The zero-order chi connectivity index (χ0) is 17.3. The van der Waals surface area contributed by atoms with Gasteiger partial charge in [0.25, 0.3) is 0 Å². The molecule has 7 heteroatoms. The second-order valence-electron chi connectivity index (χ2n) is 7.28. The quantitative estimate of drug-likeness (QED) is 0.906. The van der Waals surface area contributed by atoms with Crippen LogP contribution in [0.4, 0.5) is 0 Å². The first-order valence-corrected chi connectivity index (χ1v) is 9.17. The van der Waals surface area contributed by atoms with Crippen LogP contribution in [-0.4, -0.2) is 35.5 Å². The summed E-state index contributed by atoms with van der Waals surface area (Å²) in [7, 11) is 0. The van der Waals surface area contributed by atoms with Crippen LogP contribution >= 0.6 is 0 Å². The molecule has 1 aliphatic carbocycles. The molecule has 25 heavy (non-hydrogen) atoms. The van der Waals surface area contributed by atoms with Gasteiger partial charge in [0.05, 0.1) is 43.3 Å². The summed E-state index contributed by atoms with van der Waals surface area (Å²) >= 11 is 0. The zero-order valence-corrected chi connectivity index (χ0v) is 14.4. The fourth-order valence-electron chi connectivity index (χ4n) is 4.23. The first-order chi connectivity index (χ1) is 12.2. The van der Waals surface area contributed by atoms with Crippen LogP contribution in [-0.2, 0) is 20.9 Å². The molecule has 1 aromatic rings. The van der Waals surface area contributed by atoms with Crippen molar-refractivity contribution in [2.45, 2.75) is 57.2 Å². The van der Waals surface area contributed by atoms with Crippen molar-refractivity contribution in [3.05, 3.63) is 17.5 Å². The third kappa shape index (κ3) is 2.94. The molecule has 2 aliphatic heterocycles. The molecule has 4 rings (SSSR count). The Kier molecular flexibility index (Phi) is 4.48. The Morgan fingerprint density at radius 3 is 2.80 bits per heavy atom. The molecule has 1 saturated heterocycles. The Morgan fingerprint density at radius 1 is 1.32 bits per heavy atom. The second kappa shape index (κ2) is 6.77.